The molecule has 23 heavy (non-hydrogen) atoms. The number of ether oxygens (including phenoxy) is 2. The molecule has 0 spiro atoms. The summed E-state index contributed by atoms with van der Waals surface area (Å²) < 4.78 is 10.4. The summed E-state index contributed by atoms with van der Waals surface area (Å²) in [5, 5.41) is 2.85. The SMILES string of the molecule is CCCN(CCC(=O)NCc1ccc(OC)c(OC)c1)C(C)=O. The number of carbonyl (C=O) groups is 2. The molecule has 0 aliphatic carbocycles. The largest absolute Gasteiger partial charge is 0.493 e. The fourth-order valence-electron chi connectivity index (χ4n) is 2.21. The molecule has 0 atom stereocenters. The average Bonchev–Trinajstić information content (AvgIpc) is 2.55. The van der Waals surface area contributed by atoms with Crippen LogP contribution >= 0.6 is 0 Å². The van der Waals surface area contributed by atoms with Crippen LogP contribution in [0, 0.1) is 0 Å². The van der Waals surface area contributed by atoms with E-state index in [1.165, 1.54) is 6.92 Å². The number of rotatable bonds is 9. The molecule has 6 heteroatoms. The van der Waals surface area contributed by atoms with Gasteiger partial charge in [-0.15, -0.1) is 0 Å². The quantitative estimate of drug-likeness (QED) is 0.755. The third-order valence-corrected chi connectivity index (χ3v) is 3.49. The minimum Gasteiger partial charge on any atom is -0.493 e. The number of carbonyl (C=O) groups excluding carboxylic acids is 2. The van der Waals surface area contributed by atoms with Gasteiger partial charge in [-0.1, -0.05) is 13.0 Å². The minimum absolute atomic E-state index is 0.000425. The van der Waals surface area contributed by atoms with E-state index in [4.69, 9.17) is 9.47 Å². The molecule has 0 saturated carbocycles. The molecule has 0 bridgehead atoms. The lowest BCUT2D eigenvalue weighted by Gasteiger charge is -2.19. The summed E-state index contributed by atoms with van der Waals surface area (Å²) in [6, 6.07) is 5.51. The van der Waals surface area contributed by atoms with Crippen molar-refractivity contribution < 1.29 is 19.1 Å². The van der Waals surface area contributed by atoms with Crippen LogP contribution in [0.4, 0.5) is 0 Å². The maximum absolute atomic E-state index is 11.9. The van der Waals surface area contributed by atoms with Gasteiger partial charge in [-0.05, 0) is 24.1 Å². The van der Waals surface area contributed by atoms with Crippen molar-refractivity contribution in [3.05, 3.63) is 23.8 Å². The van der Waals surface area contributed by atoms with E-state index in [0.29, 0.717) is 37.6 Å². The van der Waals surface area contributed by atoms with Crippen molar-refractivity contribution in [1.82, 2.24) is 10.2 Å². The number of nitrogens with one attached hydrogen (secondary N) is 1. The zero-order valence-corrected chi connectivity index (χ0v) is 14.3. The first-order valence-electron chi connectivity index (χ1n) is 7.74. The molecule has 2 amide bonds. The lowest BCUT2D eigenvalue weighted by molar-refractivity contribution is -0.129. The van der Waals surface area contributed by atoms with Gasteiger partial charge >= 0.3 is 0 Å². The second-order valence-electron chi connectivity index (χ2n) is 5.22. The molecule has 0 unspecified atom stereocenters. The normalized spacial score (nSPS) is 10.1. The summed E-state index contributed by atoms with van der Waals surface area (Å²) in [5.41, 5.74) is 0.924. The van der Waals surface area contributed by atoms with Gasteiger partial charge in [0, 0.05) is 33.0 Å². The number of hydrogen-bond donors (Lipinski definition) is 1. The summed E-state index contributed by atoms with van der Waals surface area (Å²) in [7, 11) is 3.15. The van der Waals surface area contributed by atoms with Gasteiger partial charge in [0.1, 0.15) is 0 Å². The Bertz CT molecular complexity index is 531. The molecular weight excluding hydrogens is 296 g/mol. The molecule has 0 aliphatic heterocycles. The van der Waals surface area contributed by atoms with Crippen molar-refractivity contribution in [2.24, 2.45) is 0 Å². The number of benzene rings is 1. The highest BCUT2D eigenvalue weighted by atomic mass is 16.5. The topological polar surface area (TPSA) is 67.9 Å². The first-order chi connectivity index (χ1) is 11.0. The van der Waals surface area contributed by atoms with Crippen LogP contribution < -0.4 is 14.8 Å². The van der Waals surface area contributed by atoms with Crippen molar-refractivity contribution in [2.45, 2.75) is 33.2 Å². The predicted molar refractivity (Wildman–Crippen MR) is 88.6 cm³/mol. The van der Waals surface area contributed by atoms with Crippen molar-refractivity contribution in [1.29, 1.82) is 0 Å². The van der Waals surface area contributed by atoms with Crippen LogP contribution in [0.2, 0.25) is 0 Å². The number of methoxy groups -OCH3 is 2. The molecule has 0 fully saturated rings. The van der Waals surface area contributed by atoms with Gasteiger partial charge in [0.25, 0.3) is 0 Å². The van der Waals surface area contributed by atoms with Gasteiger partial charge in [-0.25, -0.2) is 0 Å². The van der Waals surface area contributed by atoms with Crippen LogP contribution in [0.5, 0.6) is 11.5 Å². The highest BCUT2D eigenvalue weighted by molar-refractivity contribution is 5.78. The summed E-state index contributed by atoms with van der Waals surface area (Å²) in [4.78, 5) is 25.0. The van der Waals surface area contributed by atoms with E-state index in [9.17, 15) is 9.59 Å². The third kappa shape index (κ3) is 6.18. The summed E-state index contributed by atoms with van der Waals surface area (Å²) in [6.45, 7) is 5.07. The second-order valence-corrected chi connectivity index (χ2v) is 5.22. The highest BCUT2D eigenvalue weighted by Crippen LogP contribution is 2.27. The van der Waals surface area contributed by atoms with Crippen LogP contribution in [0.1, 0.15) is 32.3 Å². The first kappa shape index (κ1) is 18.8. The Hall–Kier alpha value is -2.24. The van der Waals surface area contributed by atoms with Crippen molar-refractivity contribution in [3.63, 3.8) is 0 Å². The summed E-state index contributed by atoms with van der Waals surface area (Å²) >= 11 is 0. The zero-order chi connectivity index (χ0) is 17.2. The van der Waals surface area contributed by atoms with Gasteiger partial charge in [0.15, 0.2) is 11.5 Å². The summed E-state index contributed by atoms with van der Waals surface area (Å²) in [6.07, 6.45) is 1.18. The number of hydrogen-bond acceptors (Lipinski definition) is 4. The van der Waals surface area contributed by atoms with Gasteiger partial charge in [0.05, 0.1) is 14.2 Å². The Morgan fingerprint density at radius 3 is 2.39 bits per heavy atom. The van der Waals surface area contributed by atoms with Gasteiger partial charge in [0.2, 0.25) is 11.8 Å². The first-order valence-corrected chi connectivity index (χ1v) is 7.74. The second kappa shape index (κ2) is 9.71. The van der Waals surface area contributed by atoms with E-state index in [1.807, 2.05) is 19.1 Å². The Morgan fingerprint density at radius 2 is 1.83 bits per heavy atom. The molecule has 0 radical (unpaired) electrons. The zero-order valence-electron chi connectivity index (χ0n) is 14.3. The molecule has 1 aromatic rings. The van der Waals surface area contributed by atoms with Gasteiger partial charge < -0.3 is 19.7 Å². The minimum atomic E-state index is -0.0814. The fraction of sp³-hybridized carbons (Fsp3) is 0.529. The Kier molecular flexibility index (Phi) is 7.94. The van der Waals surface area contributed by atoms with E-state index in [-0.39, 0.29) is 11.8 Å². The van der Waals surface area contributed by atoms with Crippen LogP contribution in [-0.4, -0.2) is 44.0 Å². The Balaban J connectivity index is 2.48. The molecule has 1 rings (SSSR count). The lowest BCUT2D eigenvalue weighted by Crippen LogP contribution is -2.34. The van der Waals surface area contributed by atoms with Gasteiger partial charge in [-0.2, -0.15) is 0 Å². The molecule has 0 aromatic heterocycles. The fourth-order valence-corrected chi connectivity index (χ4v) is 2.21. The van der Waals surface area contributed by atoms with E-state index in [0.717, 1.165) is 12.0 Å². The van der Waals surface area contributed by atoms with E-state index >= 15 is 0 Å². The van der Waals surface area contributed by atoms with Crippen molar-refractivity contribution in [2.75, 3.05) is 27.3 Å². The summed E-state index contributed by atoms with van der Waals surface area (Å²) in [5.74, 6) is 1.20. The molecule has 0 saturated heterocycles. The Morgan fingerprint density at radius 1 is 1.13 bits per heavy atom. The van der Waals surface area contributed by atoms with Crippen LogP contribution in [0.25, 0.3) is 0 Å². The van der Waals surface area contributed by atoms with Crippen LogP contribution in [-0.2, 0) is 16.1 Å². The predicted octanol–water partition coefficient (Wildman–Crippen LogP) is 1.97. The molecular formula is C17H26N2O4. The number of amides is 2. The monoisotopic (exact) mass is 322 g/mol. The Labute approximate surface area is 137 Å². The molecule has 0 heterocycles. The van der Waals surface area contributed by atoms with Crippen LogP contribution in [0.3, 0.4) is 0 Å². The van der Waals surface area contributed by atoms with E-state index in [1.54, 1.807) is 25.2 Å². The van der Waals surface area contributed by atoms with Crippen LogP contribution in [0.15, 0.2) is 18.2 Å². The van der Waals surface area contributed by atoms with E-state index < -0.39 is 0 Å². The molecule has 128 valence electrons. The maximum Gasteiger partial charge on any atom is 0.222 e. The van der Waals surface area contributed by atoms with Gasteiger partial charge in [-0.3, -0.25) is 9.59 Å². The standard InChI is InChI=1S/C17H26N2O4/c1-5-9-19(13(2)20)10-8-17(21)18-12-14-6-7-15(22-3)16(11-14)23-4/h6-7,11H,5,8-10,12H2,1-4H3,(H,18,21). The maximum atomic E-state index is 11.9. The lowest BCUT2D eigenvalue weighted by atomic mass is 10.2. The smallest absolute Gasteiger partial charge is 0.222 e. The molecule has 0 aliphatic rings. The third-order valence-electron chi connectivity index (χ3n) is 3.49. The number of nitrogens with zero attached hydrogens (tertiary/aromatic N) is 1. The van der Waals surface area contributed by atoms with Crippen molar-refractivity contribution in [3.8, 4) is 11.5 Å². The van der Waals surface area contributed by atoms with Crippen molar-refractivity contribution >= 4 is 11.8 Å². The molecule has 1 aromatic carbocycles. The molecule has 1 N–H and O–H groups in total. The average molecular weight is 322 g/mol. The molecule has 6 nitrogen and oxygen atoms in total. The van der Waals surface area contributed by atoms with E-state index in [2.05, 4.69) is 5.32 Å². The highest BCUT2D eigenvalue weighted by Gasteiger charge is 2.10.